The highest BCUT2D eigenvalue weighted by atomic mass is 35.5. The monoisotopic (exact) mass is 321 g/mol. The largest absolute Gasteiger partial charge is 0.490 e. The van der Waals surface area contributed by atoms with Gasteiger partial charge < -0.3 is 10.1 Å². The third-order valence-corrected chi connectivity index (χ3v) is 5.63. The SMILES string of the molecule is CCNC(c1ccc2c(c1)CC(C)O2)c1scc(C)c1Cl. The van der Waals surface area contributed by atoms with E-state index in [-0.39, 0.29) is 12.1 Å². The van der Waals surface area contributed by atoms with Crippen molar-refractivity contribution < 1.29 is 4.74 Å². The van der Waals surface area contributed by atoms with Crippen LogP contribution in [0, 0.1) is 6.92 Å². The molecule has 2 heterocycles. The Morgan fingerprint density at radius 3 is 2.95 bits per heavy atom. The number of benzene rings is 1. The molecule has 0 bridgehead atoms. The van der Waals surface area contributed by atoms with Crippen LogP contribution in [0.25, 0.3) is 0 Å². The van der Waals surface area contributed by atoms with E-state index in [1.54, 1.807) is 11.3 Å². The zero-order valence-electron chi connectivity index (χ0n) is 12.6. The summed E-state index contributed by atoms with van der Waals surface area (Å²) in [6, 6.07) is 6.66. The molecule has 1 N–H and O–H groups in total. The first-order valence-corrected chi connectivity index (χ1v) is 8.62. The number of hydrogen-bond donors (Lipinski definition) is 1. The van der Waals surface area contributed by atoms with Gasteiger partial charge in [0.1, 0.15) is 11.9 Å². The summed E-state index contributed by atoms with van der Waals surface area (Å²) in [4.78, 5) is 1.20. The van der Waals surface area contributed by atoms with Crippen LogP contribution in [-0.4, -0.2) is 12.6 Å². The number of hydrogen-bond acceptors (Lipinski definition) is 3. The maximum atomic E-state index is 6.48. The second kappa shape index (κ2) is 5.99. The van der Waals surface area contributed by atoms with E-state index in [1.165, 1.54) is 16.0 Å². The first-order chi connectivity index (χ1) is 10.1. The maximum Gasteiger partial charge on any atom is 0.123 e. The normalized spacial score (nSPS) is 18.4. The van der Waals surface area contributed by atoms with Gasteiger partial charge in [0, 0.05) is 11.3 Å². The summed E-state index contributed by atoms with van der Waals surface area (Å²) in [6.07, 6.45) is 1.26. The summed E-state index contributed by atoms with van der Waals surface area (Å²) in [5, 5.41) is 6.57. The van der Waals surface area contributed by atoms with Gasteiger partial charge in [0.2, 0.25) is 0 Å². The van der Waals surface area contributed by atoms with Gasteiger partial charge in [-0.25, -0.2) is 0 Å². The van der Waals surface area contributed by atoms with Crippen LogP contribution in [0.5, 0.6) is 5.75 Å². The fourth-order valence-corrected chi connectivity index (χ4v) is 4.24. The Balaban J connectivity index is 1.99. The molecule has 0 spiro atoms. The molecule has 1 aliphatic heterocycles. The Morgan fingerprint density at radius 2 is 2.29 bits per heavy atom. The van der Waals surface area contributed by atoms with Gasteiger partial charge in [-0.1, -0.05) is 30.7 Å². The van der Waals surface area contributed by atoms with Gasteiger partial charge in [0.25, 0.3) is 0 Å². The minimum atomic E-state index is 0.155. The van der Waals surface area contributed by atoms with E-state index < -0.39 is 0 Å². The van der Waals surface area contributed by atoms with E-state index in [4.69, 9.17) is 16.3 Å². The van der Waals surface area contributed by atoms with Gasteiger partial charge >= 0.3 is 0 Å². The smallest absolute Gasteiger partial charge is 0.123 e. The Morgan fingerprint density at radius 1 is 1.48 bits per heavy atom. The number of aryl methyl sites for hydroxylation is 1. The minimum Gasteiger partial charge on any atom is -0.490 e. The number of fused-ring (bicyclic) bond motifs is 1. The Hall–Kier alpha value is -1.03. The van der Waals surface area contributed by atoms with E-state index in [0.717, 1.165) is 29.3 Å². The van der Waals surface area contributed by atoms with Crippen molar-refractivity contribution in [2.24, 2.45) is 0 Å². The van der Waals surface area contributed by atoms with Crippen molar-refractivity contribution in [3.8, 4) is 5.75 Å². The van der Waals surface area contributed by atoms with Crippen LogP contribution in [0.15, 0.2) is 23.6 Å². The average Bonchev–Trinajstić information content (AvgIpc) is 2.99. The summed E-state index contributed by atoms with van der Waals surface area (Å²) in [7, 11) is 0. The predicted molar refractivity (Wildman–Crippen MR) is 89.8 cm³/mol. The molecule has 0 saturated heterocycles. The number of thiophene rings is 1. The van der Waals surface area contributed by atoms with Crippen LogP contribution in [0.1, 0.15) is 41.5 Å². The molecule has 1 aliphatic rings. The summed E-state index contributed by atoms with van der Waals surface area (Å²) >= 11 is 8.20. The van der Waals surface area contributed by atoms with Gasteiger partial charge in [0.05, 0.1) is 11.1 Å². The molecule has 1 aromatic heterocycles. The number of ether oxygens (including phenoxy) is 1. The average molecular weight is 322 g/mol. The lowest BCUT2D eigenvalue weighted by Gasteiger charge is -2.18. The molecule has 3 rings (SSSR count). The molecule has 0 radical (unpaired) electrons. The molecule has 4 heteroatoms. The summed E-state index contributed by atoms with van der Waals surface area (Å²) in [5.41, 5.74) is 3.71. The Labute approximate surface area is 135 Å². The van der Waals surface area contributed by atoms with Crippen LogP contribution < -0.4 is 10.1 Å². The number of nitrogens with one attached hydrogen (secondary N) is 1. The third-order valence-electron chi connectivity index (χ3n) is 3.85. The Kier molecular flexibility index (Phi) is 4.25. The van der Waals surface area contributed by atoms with E-state index >= 15 is 0 Å². The molecular weight excluding hydrogens is 302 g/mol. The topological polar surface area (TPSA) is 21.3 Å². The molecule has 2 nitrogen and oxygen atoms in total. The summed E-state index contributed by atoms with van der Waals surface area (Å²) in [6.45, 7) is 7.20. The van der Waals surface area contributed by atoms with E-state index in [0.29, 0.717) is 0 Å². The van der Waals surface area contributed by atoms with Crippen LogP contribution in [0.2, 0.25) is 5.02 Å². The van der Waals surface area contributed by atoms with Crippen LogP contribution >= 0.6 is 22.9 Å². The van der Waals surface area contributed by atoms with Crippen molar-refractivity contribution in [2.75, 3.05) is 6.54 Å². The molecular formula is C17H20ClNOS. The first-order valence-electron chi connectivity index (χ1n) is 7.36. The van der Waals surface area contributed by atoms with Crippen molar-refractivity contribution >= 4 is 22.9 Å². The van der Waals surface area contributed by atoms with Crippen LogP contribution in [-0.2, 0) is 6.42 Å². The van der Waals surface area contributed by atoms with Crippen molar-refractivity contribution in [1.29, 1.82) is 0 Å². The van der Waals surface area contributed by atoms with E-state index in [1.807, 2.05) is 0 Å². The van der Waals surface area contributed by atoms with Gasteiger partial charge in [-0.05, 0) is 48.5 Å². The predicted octanol–water partition coefficient (Wildman–Crippen LogP) is 4.73. The van der Waals surface area contributed by atoms with Crippen molar-refractivity contribution in [3.05, 3.63) is 50.2 Å². The zero-order chi connectivity index (χ0) is 15.0. The molecule has 0 amide bonds. The highest BCUT2D eigenvalue weighted by Gasteiger charge is 2.23. The van der Waals surface area contributed by atoms with Crippen molar-refractivity contribution in [1.82, 2.24) is 5.32 Å². The highest BCUT2D eigenvalue weighted by molar-refractivity contribution is 7.10. The molecule has 2 unspecified atom stereocenters. The fourth-order valence-electron chi connectivity index (χ4n) is 2.83. The molecule has 0 aliphatic carbocycles. The quantitative estimate of drug-likeness (QED) is 0.878. The Bertz CT molecular complexity index is 652. The summed E-state index contributed by atoms with van der Waals surface area (Å²) < 4.78 is 5.79. The molecule has 0 saturated carbocycles. The first kappa shape index (κ1) is 14.9. The molecule has 1 aromatic carbocycles. The van der Waals surface area contributed by atoms with Gasteiger partial charge in [-0.15, -0.1) is 11.3 Å². The third kappa shape index (κ3) is 2.83. The van der Waals surface area contributed by atoms with Gasteiger partial charge in [0.15, 0.2) is 0 Å². The fraction of sp³-hybridized carbons (Fsp3) is 0.412. The lowest BCUT2D eigenvalue weighted by molar-refractivity contribution is 0.254. The lowest BCUT2D eigenvalue weighted by atomic mass is 10.00. The minimum absolute atomic E-state index is 0.155. The molecule has 2 aromatic rings. The molecule has 0 fully saturated rings. The van der Waals surface area contributed by atoms with Crippen molar-refractivity contribution in [3.63, 3.8) is 0 Å². The van der Waals surface area contributed by atoms with Gasteiger partial charge in [-0.2, -0.15) is 0 Å². The summed E-state index contributed by atoms with van der Waals surface area (Å²) in [5.74, 6) is 1.02. The number of halogens is 1. The van der Waals surface area contributed by atoms with E-state index in [2.05, 4.69) is 49.7 Å². The molecule has 2 atom stereocenters. The lowest BCUT2D eigenvalue weighted by Crippen LogP contribution is -2.21. The van der Waals surface area contributed by atoms with Crippen LogP contribution in [0.3, 0.4) is 0 Å². The highest BCUT2D eigenvalue weighted by Crippen LogP contribution is 2.38. The van der Waals surface area contributed by atoms with E-state index in [9.17, 15) is 0 Å². The zero-order valence-corrected chi connectivity index (χ0v) is 14.1. The molecule has 112 valence electrons. The van der Waals surface area contributed by atoms with Gasteiger partial charge in [-0.3, -0.25) is 0 Å². The maximum absolute atomic E-state index is 6.48. The standard InChI is InChI=1S/C17H20ClNOS/c1-4-19-16(17-15(18)10(2)9-21-17)12-5-6-14-13(8-12)7-11(3)20-14/h5-6,8-9,11,16,19H,4,7H2,1-3H3. The second-order valence-corrected chi connectivity index (χ2v) is 6.88. The van der Waals surface area contributed by atoms with Crippen LogP contribution in [0.4, 0.5) is 0 Å². The molecule has 21 heavy (non-hydrogen) atoms. The second-order valence-electron chi connectivity index (χ2n) is 5.59. The van der Waals surface area contributed by atoms with Crippen molar-refractivity contribution in [2.45, 2.75) is 39.3 Å². The number of rotatable bonds is 4.